The fraction of sp³-hybridized carbons (Fsp3) is 0.130. The van der Waals surface area contributed by atoms with E-state index in [1.54, 1.807) is 18.2 Å². The first-order chi connectivity index (χ1) is 13.9. The van der Waals surface area contributed by atoms with Crippen molar-refractivity contribution in [3.63, 3.8) is 0 Å². The van der Waals surface area contributed by atoms with E-state index in [2.05, 4.69) is 4.98 Å². The van der Waals surface area contributed by atoms with Crippen molar-refractivity contribution in [3.05, 3.63) is 96.1 Å². The van der Waals surface area contributed by atoms with Gasteiger partial charge in [-0.15, -0.1) is 0 Å². The molecular weight excluding hydrogens is 379 g/mol. The molecule has 0 aliphatic heterocycles. The van der Waals surface area contributed by atoms with E-state index in [1.807, 2.05) is 30.3 Å². The molecule has 1 aliphatic carbocycles. The van der Waals surface area contributed by atoms with Gasteiger partial charge in [-0.1, -0.05) is 60.7 Å². The Hall–Kier alpha value is -3.41. The zero-order valence-electron chi connectivity index (χ0n) is 15.2. The van der Waals surface area contributed by atoms with Gasteiger partial charge >= 0.3 is 6.18 Å². The average molecular weight is 395 g/mol. The van der Waals surface area contributed by atoms with Gasteiger partial charge in [-0.05, 0) is 24.1 Å². The van der Waals surface area contributed by atoms with Gasteiger partial charge in [0, 0.05) is 11.5 Å². The van der Waals surface area contributed by atoms with E-state index in [1.165, 1.54) is 18.5 Å². The average Bonchev–Trinajstić information content (AvgIpc) is 3.12. The molecule has 6 heteroatoms. The monoisotopic (exact) mass is 395 g/mol. The number of rotatable bonds is 3. The Morgan fingerprint density at radius 1 is 1.03 bits per heavy atom. The Morgan fingerprint density at radius 3 is 2.59 bits per heavy atom. The maximum absolute atomic E-state index is 13.0. The number of benzene rings is 2. The van der Waals surface area contributed by atoms with Gasteiger partial charge in [-0.25, -0.2) is 4.98 Å². The number of carbonyl (C=O) groups is 1. The lowest BCUT2D eigenvalue weighted by atomic mass is 9.94. The van der Waals surface area contributed by atoms with E-state index in [9.17, 15) is 18.0 Å². The van der Waals surface area contributed by atoms with Crippen molar-refractivity contribution < 1.29 is 22.4 Å². The van der Waals surface area contributed by atoms with Crippen LogP contribution in [0.2, 0.25) is 0 Å². The molecule has 4 rings (SSSR count). The SMILES string of the molecule is O=C1C=CC(c2cccc(C(F)(F)F)c2)CC=C1c1ocnc1-c1ccccc1. The zero-order valence-corrected chi connectivity index (χ0v) is 15.2. The van der Waals surface area contributed by atoms with Gasteiger partial charge < -0.3 is 4.42 Å². The van der Waals surface area contributed by atoms with Crippen LogP contribution in [0.15, 0.2) is 83.6 Å². The van der Waals surface area contributed by atoms with Crippen molar-refractivity contribution in [2.45, 2.75) is 18.5 Å². The third kappa shape index (κ3) is 3.92. The molecule has 0 radical (unpaired) electrons. The van der Waals surface area contributed by atoms with Crippen LogP contribution in [0.1, 0.15) is 29.2 Å². The van der Waals surface area contributed by atoms with Gasteiger partial charge in [0.1, 0.15) is 5.69 Å². The molecule has 3 nitrogen and oxygen atoms in total. The number of hydrogen-bond donors (Lipinski definition) is 0. The lowest BCUT2D eigenvalue weighted by Crippen LogP contribution is -2.06. The second-order valence-corrected chi connectivity index (χ2v) is 6.70. The van der Waals surface area contributed by atoms with Crippen molar-refractivity contribution in [1.82, 2.24) is 4.98 Å². The maximum atomic E-state index is 13.0. The molecular formula is C23H16F3NO2. The highest BCUT2D eigenvalue weighted by Crippen LogP contribution is 2.35. The van der Waals surface area contributed by atoms with Crippen LogP contribution in [0.3, 0.4) is 0 Å². The predicted molar refractivity (Wildman–Crippen MR) is 103 cm³/mol. The van der Waals surface area contributed by atoms with Crippen molar-refractivity contribution in [3.8, 4) is 11.3 Å². The Bertz CT molecular complexity index is 1090. The molecule has 0 N–H and O–H groups in total. The molecule has 1 aliphatic rings. The summed E-state index contributed by atoms with van der Waals surface area (Å²) in [5.74, 6) is -0.259. The van der Waals surface area contributed by atoms with Gasteiger partial charge in [0.15, 0.2) is 17.9 Å². The van der Waals surface area contributed by atoms with E-state index in [-0.39, 0.29) is 11.7 Å². The number of nitrogens with zero attached hydrogens (tertiary/aromatic N) is 1. The summed E-state index contributed by atoms with van der Waals surface area (Å²) in [6.45, 7) is 0. The quantitative estimate of drug-likeness (QED) is 0.542. The molecule has 146 valence electrons. The summed E-state index contributed by atoms with van der Waals surface area (Å²) in [7, 11) is 0. The van der Waals surface area contributed by atoms with Gasteiger partial charge in [0.05, 0.1) is 11.1 Å². The highest BCUT2D eigenvalue weighted by Gasteiger charge is 2.31. The first-order valence-electron chi connectivity index (χ1n) is 9.02. The number of aromatic nitrogens is 1. The summed E-state index contributed by atoms with van der Waals surface area (Å²) in [5, 5.41) is 0. The van der Waals surface area contributed by atoms with Crippen LogP contribution in [0.5, 0.6) is 0 Å². The van der Waals surface area contributed by atoms with Crippen LogP contribution < -0.4 is 0 Å². The fourth-order valence-corrected chi connectivity index (χ4v) is 3.35. The van der Waals surface area contributed by atoms with Crippen LogP contribution in [-0.2, 0) is 11.0 Å². The van der Waals surface area contributed by atoms with Crippen molar-refractivity contribution in [1.29, 1.82) is 0 Å². The molecule has 3 aromatic rings. The lowest BCUT2D eigenvalue weighted by Gasteiger charge is -2.13. The molecule has 0 saturated heterocycles. The molecule has 0 amide bonds. The normalized spacial score (nSPS) is 17.1. The van der Waals surface area contributed by atoms with Crippen molar-refractivity contribution in [2.75, 3.05) is 0 Å². The van der Waals surface area contributed by atoms with Crippen molar-refractivity contribution >= 4 is 11.4 Å². The Morgan fingerprint density at radius 2 is 1.83 bits per heavy atom. The first kappa shape index (κ1) is 18.9. The number of oxazole rings is 1. The standard InChI is InChI=1S/C23H16F3NO2/c24-23(25,26)18-8-4-7-17(13-18)15-9-11-19(20(28)12-10-15)22-21(27-14-29-22)16-5-2-1-3-6-16/h1-8,10-15H,9H2. The number of alkyl halides is 3. The van der Waals surface area contributed by atoms with E-state index >= 15 is 0 Å². The topological polar surface area (TPSA) is 43.1 Å². The molecule has 0 bridgehead atoms. The number of ketones is 1. The smallest absolute Gasteiger partial charge is 0.416 e. The number of allylic oxidation sites excluding steroid dienone is 4. The van der Waals surface area contributed by atoms with Gasteiger partial charge in [-0.3, -0.25) is 4.79 Å². The summed E-state index contributed by atoms with van der Waals surface area (Å²) in [5.41, 5.74) is 1.52. The number of halogens is 3. The van der Waals surface area contributed by atoms with Crippen molar-refractivity contribution in [2.24, 2.45) is 0 Å². The van der Waals surface area contributed by atoms with Crippen LogP contribution in [0.4, 0.5) is 13.2 Å². The number of carbonyl (C=O) groups excluding carboxylic acids is 1. The summed E-state index contributed by atoms with van der Waals surface area (Å²) >= 11 is 0. The van der Waals surface area contributed by atoms with E-state index < -0.39 is 11.7 Å². The summed E-state index contributed by atoms with van der Waals surface area (Å²) in [4.78, 5) is 16.9. The van der Waals surface area contributed by atoms with Crippen LogP contribution in [-0.4, -0.2) is 10.8 Å². The van der Waals surface area contributed by atoms with Gasteiger partial charge in [0.2, 0.25) is 0 Å². The second-order valence-electron chi connectivity index (χ2n) is 6.70. The summed E-state index contributed by atoms with van der Waals surface area (Å²) in [6, 6.07) is 14.5. The minimum absolute atomic E-state index is 0.270. The van der Waals surface area contributed by atoms with Gasteiger partial charge in [-0.2, -0.15) is 13.2 Å². The Balaban J connectivity index is 1.67. The molecule has 2 aromatic carbocycles. The second kappa shape index (κ2) is 7.54. The summed E-state index contributed by atoms with van der Waals surface area (Å²) < 4.78 is 44.6. The van der Waals surface area contributed by atoms with E-state index in [0.717, 1.165) is 17.7 Å². The largest absolute Gasteiger partial charge is 0.443 e. The molecule has 0 fully saturated rings. The van der Waals surface area contributed by atoms with Gasteiger partial charge in [0.25, 0.3) is 0 Å². The predicted octanol–water partition coefficient (Wildman–Crippen LogP) is 6.06. The summed E-state index contributed by atoms with van der Waals surface area (Å²) in [6.07, 6.45) is 1.98. The van der Waals surface area contributed by atoms with E-state index in [0.29, 0.717) is 29.0 Å². The molecule has 1 unspecified atom stereocenters. The lowest BCUT2D eigenvalue weighted by molar-refractivity contribution is -0.137. The molecule has 1 heterocycles. The Kier molecular flexibility index (Phi) is 4.92. The third-order valence-electron chi connectivity index (χ3n) is 4.82. The molecule has 1 aromatic heterocycles. The molecule has 0 saturated carbocycles. The highest BCUT2D eigenvalue weighted by molar-refractivity contribution is 6.26. The highest BCUT2D eigenvalue weighted by atomic mass is 19.4. The molecule has 29 heavy (non-hydrogen) atoms. The third-order valence-corrected chi connectivity index (χ3v) is 4.82. The first-order valence-corrected chi connectivity index (χ1v) is 9.02. The minimum atomic E-state index is -4.41. The zero-order chi connectivity index (χ0) is 20.4. The number of hydrogen-bond acceptors (Lipinski definition) is 3. The molecule has 1 atom stereocenters. The minimum Gasteiger partial charge on any atom is -0.443 e. The van der Waals surface area contributed by atoms with Crippen LogP contribution in [0, 0.1) is 0 Å². The van der Waals surface area contributed by atoms with Crippen LogP contribution in [0.25, 0.3) is 16.8 Å². The van der Waals surface area contributed by atoms with E-state index in [4.69, 9.17) is 4.42 Å². The van der Waals surface area contributed by atoms with Crippen LogP contribution >= 0.6 is 0 Å². The molecule has 0 spiro atoms. The fourth-order valence-electron chi connectivity index (χ4n) is 3.35. The Labute approximate surface area is 165 Å². The maximum Gasteiger partial charge on any atom is 0.416 e.